The molecule has 0 unspecified atom stereocenters. The van der Waals surface area contributed by atoms with E-state index in [1.807, 2.05) is 10.3 Å². The quantitative estimate of drug-likeness (QED) is 0.884. The summed E-state index contributed by atoms with van der Waals surface area (Å²) in [5, 5.41) is 21.0. The van der Waals surface area contributed by atoms with Crippen molar-refractivity contribution in [1.29, 1.82) is 5.41 Å². The van der Waals surface area contributed by atoms with Crippen LogP contribution < -0.4 is 0 Å². The van der Waals surface area contributed by atoms with E-state index in [0.29, 0.717) is 28.9 Å². The van der Waals surface area contributed by atoms with E-state index in [1.165, 1.54) is 23.5 Å². The summed E-state index contributed by atoms with van der Waals surface area (Å²) in [5.41, 5.74) is 2.04. The summed E-state index contributed by atoms with van der Waals surface area (Å²) in [6.45, 7) is 5.25. The van der Waals surface area contributed by atoms with Crippen LogP contribution in [0.25, 0.3) is 16.8 Å². The predicted octanol–water partition coefficient (Wildman–Crippen LogP) is 4.17. The topological polar surface area (TPSA) is 60.2 Å². The molecule has 2 heterocycles. The fourth-order valence-corrected chi connectivity index (χ4v) is 3.49. The number of aromatic nitrogens is 1. The van der Waals surface area contributed by atoms with Crippen molar-refractivity contribution in [2.75, 3.05) is 13.1 Å². The van der Waals surface area contributed by atoms with Gasteiger partial charge in [0.2, 0.25) is 0 Å². The molecule has 0 aliphatic carbocycles. The number of thiazole rings is 1. The van der Waals surface area contributed by atoms with Crippen LogP contribution in [0.2, 0.25) is 0 Å². The number of aliphatic hydroxyl groups excluding tert-OH is 1. The number of aliphatic hydroxyl groups is 1. The average molecular weight is 331 g/mol. The standard InChI is InChI=1S/C17H18FN3OS/c1-10(2)7-21-8-14(22)15(16(21)19)17-20-13(9-23-17)11-3-5-12(18)6-4-11/h3-6,9-10,19,22H,7-8H2,1-2H3. The number of nitrogens with zero attached hydrogens (tertiary/aromatic N) is 2. The van der Waals surface area contributed by atoms with Crippen LogP contribution in [0.1, 0.15) is 18.9 Å². The number of rotatable bonds is 4. The van der Waals surface area contributed by atoms with Crippen molar-refractivity contribution in [3.05, 3.63) is 46.2 Å². The molecule has 120 valence electrons. The van der Waals surface area contributed by atoms with Gasteiger partial charge in [0.1, 0.15) is 22.4 Å². The lowest BCUT2D eigenvalue weighted by Crippen LogP contribution is -2.30. The highest BCUT2D eigenvalue weighted by Gasteiger charge is 2.30. The van der Waals surface area contributed by atoms with Gasteiger partial charge in [-0.15, -0.1) is 11.3 Å². The molecule has 1 aromatic heterocycles. The van der Waals surface area contributed by atoms with Crippen LogP contribution in [0.4, 0.5) is 4.39 Å². The molecular formula is C17H18FN3OS. The normalized spacial score (nSPS) is 15.1. The van der Waals surface area contributed by atoms with E-state index >= 15 is 0 Å². The summed E-state index contributed by atoms with van der Waals surface area (Å²) in [6, 6.07) is 6.14. The second-order valence-corrected chi connectivity index (χ2v) is 6.85. The Morgan fingerprint density at radius 1 is 1.35 bits per heavy atom. The first kappa shape index (κ1) is 15.7. The first-order valence-corrected chi connectivity index (χ1v) is 8.31. The summed E-state index contributed by atoms with van der Waals surface area (Å²) < 4.78 is 13.0. The van der Waals surface area contributed by atoms with Gasteiger partial charge in [-0.05, 0) is 30.2 Å². The van der Waals surface area contributed by atoms with Crippen LogP contribution in [0.5, 0.6) is 0 Å². The molecule has 0 radical (unpaired) electrons. The van der Waals surface area contributed by atoms with Crippen LogP contribution in [-0.4, -0.2) is 33.9 Å². The molecule has 0 spiro atoms. The van der Waals surface area contributed by atoms with Gasteiger partial charge in [-0.25, -0.2) is 9.37 Å². The van der Waals surface area contributed by atoms with Crippen LogP contribution in [0.15, 0.2) is 35.4 Å². The molecule has 6 heteroatoms. The van der Waals surface area contributed by atoms with Gasteiger partial charge in [0.15, 0.2) is 0 Å². The molecule has 0 fully saturated rings. The lowest BCUT2D eigenvalue weighted by molar-refractivity contribution is 0.329. The lowest BCUT2D eigenvalue weighted by Gasteiger charge is -2.20. The number of hydrogen-bond donors (Lipinski definition) is 2. The van der Waals surface area contributed by atoms with Gasteiger partial charge in [-0.2, -0.15) is 0 Å². The molecule has 0 atom stereocenters. The fourth-order valence-electron chi connectivity index (χ4n) is 2.60. The van der Waals surface area contributed by atoms with Crippen molar-refractivity contribution >= 4 is 22.7 Å². The Bertz CT molecular complexity index is 764. The van der Waals surface area contributed by atoms with Gasteiger partial charge < -0.3 is 10.0 Å². The smallest absolute Gasteiger partial charge is 0.135 e. The minimum absolute atomic E-state index is 0.190. The van der Waals surface area contributed by atoms with E-state index in [2.05, 4.69) is 18.8 Å². The van der Waals surface area contributed by atoms with E-state index in [0.717, 1.165) is 17.8 Å². The summed E-state index contributed by atoms with van der Waals surface area (Å²) >= 11 is 1.38. The Morgan fingerprint density at radius 3 is 2.70 bits per heavy atom. The van der Waals surface area contributed by atoms with Crippen molar-refractivity contribution in [2.45, 2.75) is 13.8 Å². The molecule has 23 heavy (non-hydrogen) atoms. The first-order chi connectivity index (χ1) is 11.0. The van der Waals surface area contributed by atoms with Crippen LogP contribution in [-0.2, 0) is 0 Å². The minimum atomic E-state index is -0.286. The van der Waals surface area contributed by atoms with Gasteiger partial charge in [0, 0.05) is 17.5 Å². The van der Waals surface area contributed by atoms with Crippen molar-refractivity contribution < 1.29 is 9.50 Å². The molecule has 1 aliphatic heterocycles. The minimum Gasteiger partial charge on any atom is -0.510 e. The Balaban J connectivity index is 1.87. The molecule has 2 N–H and O–H groups in total. The van der Waals surface area contributed by atoms with E-state index in [9.17, 15) is 9.50 Å². The lowest BCUT2D eigenvalue weighted by atomic mass is 10.2. The van der Waals surface area contributed by atoms with Crippen molar-refractivity contribution in [2.24, 2.45) is 5.92 Å². The summed E-state index contributed by atoms with van der Waals surface area (Å²) in [7, 11) is 0. The van der Waals surface area contributed by atoms with Crippen LogP contribution >= 0.6 is 11.3 Å². The zero-order valence-electron chi connectivity index (χ0n) is 13.0. The van der Waals surface area contributed by atoms with Gasteiger partial charge in [-0.1, -0.05) is 13.8 Å². The number of hydrogen-bond acceptors (Lipinski definition) is 4. The monoisotopic (exact) mass is 331 g/mol. The largest absolute Gasteiger partial charge is 0.510 e. The zero-order chi connectivity index (χ0) is 16.6. The second-order valence-electron chi connectivity index (χ2n) is 5.99. The number of amidine groups is 1. The second kappa shape index (κ2) is 6.12. The molecular weight excluding hydrogens is 313 g/mol. The summed E-state index contributed by atoms with van der Waals surface area (Å²) in [6.07, 6.45) is 0. The predicted molar refractivity (Wildman–Crippen MR) is 91.2 cm³/mol. The molecule has 1 aliphatic rings. The Labute approximate surface area is 138 Å². The molecule has 2 aromatic rings. The van der Waals surface area contributed by atoms with Crippen LogP contribution in [0.3, 0.4) is 0 Å². The third kappa shape index (κ3) is 3.12. The molecule has 0 amide bonds. The first-order valence-electron chi connectivity index (χ1n) is 7.43. The average Bonchev–Trinajstić information content (AvgIpc) is 3.05. The van der Waals surface area contributed by atoms with E-state index < -0.39 is 0 Å². The Morgan fingerprint density at radius 2 is 2.04 bits per heavy atom. The van der Waals surface area contributed by atoms with Crippen molar-refractivity contribution in [3.8, 4) is 11.3 Å². The molecule has 1 aromatic carbocycles. The summed E-state index contributed by atoms with van der Waals surface area (Å²) in [4.78, 5) is 6.37. The van der Waals surface area contributed by atoms with Crippen LogP contribution in [0, 0.1) is 17.1 Å². The van der Waals surface area contributed by atoms with E-state index in [4.69, 9.17) is 5.41 Å². The molecule has 0 bridgehead atoms. The highest BCUT2D eigenvalue weighted by Crippen LogP contribution is 2.32. The number of nitrogens with one attached hydrogen (secondary N) is 1. The maximum absolute atomic E-state index is 13.0. The molecule has 3 rings (SSSR count). The number of halogens is 1. The van der Waals surface area contributed by atoms with Crippen molar-refractivity contribution in [1.82, 2.24) is 9.88 Å². The SMILES string of the molecule is CC(C)CN1CC(O)=C(c2nc(-c3ccc(F)cc3)cs2)C1=N. The van der Waals surface area contributed by atoms with E-state index in [-0.39, 0.29) is 11.6 Å². The molecule has 4 nitrogen and oxygen atoms in total. The third-order valence-corrected chi connectivity index (χ3v) is 4.49. The third-order valence-electron chi connectivity index (χ3n) is 3.63. The van der Waals surface area contributed by atoms with Gasteiger partial charge in [-0.3, -0.25) is 5.41 Å². The van der Waals surface area contributed by atoms with Gasteiger partial charge >= 0.3 is 0 Å². The maximum Gasteiger partial charge on any atom is 0.135 e. The van der Waals surface area contributed by atoms with Gasteiger partial charge in [0.25, 0.3) is 0 Å². The van der Waals surface area contributed by atoms with Gasteiger partial charge in [0.05, 0.1) is 17.8 Å². The van der Waals surface area contributed by atoms with E-state index in [1.54, 1.807) is 12.1 Å². The molecule has 0 saturated carbocycles. The maximum atomic E-state index is 13.0. The zero-order valence-corrected chi connectivity index (χ0v) is 13.8. The molecule has 0 saturated heterocycles. The Kier molecular flexibility index (Phi) is 4.17. The highest BCUT2D eigenvalue weighted by atomic mass is 32.1. The Hall–Kier alpha value is -2.21. The van der Waals surface area contributed by atoms with Crippen molar-refractivity contribution in [3.63, 3.8) is 0 Å². The highest BCUT2D eigenvalue weighted by molar-refractivity contribution is 7.11. The number of benzene rings is 1. The summed E-state index contributed by atoms with van der Waals surface area (Å²) in [5.74, 6) is 0.631. The fraction of sp³-hybridized carbons (Fsp3) is 0.294.